The summed E-state index contributed by atoms with van der Waals surface area (Å²) in [6, 6.07) is 7.12. The van der Waals surface area contributed by atoms with Crippen molar-refractivity contribution in [1.29, 1.82) is 0 Å². The van der Waals surface area contributed by atoms with Gasteiger partial charge in [-0.3, -0.25) is 4.68 Å². The lowest BCUT2D eigenvalue weighted by atomic mass is 9.80. The van der Waals surface area contributed by atoms with Gasteiger partial charge in [-0.25, -0.2) is 9.37 Å². The van der Waals surface area contributed by atoms with Gasteiger partial charge in [0.25, 0.3) is 0 Å². The van der Waals surface area contributed by atoms with E-state index in [9.17, 15) is 0 Å². The molecule has 0 bridgehead atoms. The molecule has 1 aromatic heterocycles. The van der Waals surface area contributed by atoms with E-state index in [1.807, 2.05) is 12.1 Å². The fraction of sp³-hybridized carbons (Fsp3) is 0.250. The van der Waals surface area contributed by atoms with E-state index in [1.165, 1.54) is 6.08 Å². The summed E-state index contributed by atoms with van der Waals surface area (Å²) >= 11 is 12.1. The van der Waals surface area contributed by atoms with Gasteiger partial charge in [0.05, 0.1) is 5.92 Å². The van der Waals surface area contributed by atoms with Crippen LogP contribution in [-0.4, -0.2) is 20.4 Å². The molecule has 2 atom stereocenters. The molecule has 1 aliphatic rings. The maximum atomic E-state index is 15.6. The van der Waals surface area contributed by atoms with Crippen molar-refractivity contribution in [2.75, 3.05) is 0 Å². The molecule has 0 fully saturated rings. The molecule has 2 aromatic rings. The minimum absolute atomic E-state index is 0.174. The molecule has 1 heterocycles. The molecule has 3 rings (SSSR count). The fourth-order valence-corrected chi connectivity index (χ4v) is 3.10. The maximum absolute atomic E-state index is 15.6. The van der Waals surface area contributed by atoms with Crippen LogP contribution in [0.2, 0.25) is 5.02 Å². The van der Waals surface area contributed by atoms with Crippen LogP contribution in [0.4, 0.5) is 4.39 Å². The Bertz CT molecular complexity index is 736. The van der Waals surface area contributed by atoms with E-state index in [0.29, 0.717) is 15.9 Å². The number of benzene rings is 1. The van der Waals surface area contributed by atoms with Gasteiger partial charge in [0.15, 0.2) is 5.82 Å². The van der Waals surface area contributed by atoms with Crippen LogP contribution in [0.15, 0.2) is 53.9 Å². The van der Waals surface area contributed by atoms with E-state index in [4.69, 9.17) is 23.2 Å². The van der Waals surface area contributed by atoms with E-state index in [-0.39, 0.29) is 6.42 Å². The molecule has 0 spiro atoms. The molecular formula is C16H14Cl2FN3. The molecule has 1 aliphatic carbocycles. The van der Waals surface area contributed by atoms with Crippen molar-refractivity contribution >= 4 is 23.2 Å². The molecule has 0 radical (unpaired) electrons. The molecule has 0 saturated carbocycles. The molecule has 3 nitrogen and oxygen atoms in total. The maximum Gasteiger partial charge on any atom is 0.162 e. The Morgan fingerprint density at radius 3 is 2.64 bits per heavy atom. The van der Waals surface area contributed by atoms with Crippen LogP contribution in [0, 0.1) is 0 Å². The first-order valence-electron chi connectivity index (χ1n) is 6.82. The van der Waals surface area contributed by atoms with Crippen molar-refractivity contribution < 1.29 is 4.39 Å². The van der Waals surface area contributed by atoms with E-state index in [2.05, 4.69) is 10.1 Å². The topological polar surface area (TPSA) is 30.7 Å². The van der Waals surface area contributed by atoms with Gasteiger partial charge in [-0.15, -0.1) is 0 Å². The Hall–Kier alpha value is -1.65. The van der Waals surface area contributed by atoms with Crippen LogP contribution in [0.1, 0.15) is 17.3 Å². The van der Waals surface area contributed by atoms with Gasteiger partial charge in [-0.1, -0.05) is 41.4 Å². The highest BCUT2D eigenvalue weighted by Crippen LogP contribution is 2.43. The summed E-state index contributed by atoms with van der Waals surface area (Å²) in [4.78, 5) is 4.17. The third-order valence-electron chi connectivity index (χ3n) is 3.65. The number of allylic oxidation sites excluding steroid dienone is 4. The predicted octanol–water partition coefficient (Wildman–Crippen LogP) is 4.20. The van der Waals surface area contributed by atoms with E-state index in [1.54, 1.807) is 42.3 Å². The molecule has 1 aromatic carbocycles. The van der Waals surface area contributed by atoms with Crippen LogP contribution in [0.25, 0.3) is 0 Å². The lowest BCUT2D eigenvalue weighted by Crippen LogP contribution is -2.34. The number of alkyl halides is 1. The van der Waals surface area contributed by atoms with E-state index in [0.717, 1.165) is 5.56 Å². The zero-order valence-corrected chi connectivity index (χ0v) is 13.4. The van der Waals surface area contributed by atoms with Gasteiger partial charge in [0, 0.05) is 23.5 Å². The second-order valence-corrected chi connectivity index (χ2v) is 6.22. The normalized spacial score (nSPS) is 24.4. The van der Waals surface area contributed by atoms with Crippen molar-refractivity contribution in [3.8, 4) is 0 Å². The molecule has 0 N–H and O–H groups in total. The first-order chi connectivity index (χ1) is 10.5. The molecule has 2 unspecified atom stereocenters. The summed E-state index contributed by atoms with van der Waals surface area (Å²) in [6.45, 7) is 0. The minimum Gasteiger partial charge on any atom is -0.256 e. The van der Waals surface area contributed by atoms with Crippen molar-refractivity contribution in [3.05, 3.63) is 70.3 Å². The van der Waals surface area contributed by atoms with Crippen LogP contribution in [0.5, 0.6) is 0 Å². The fourth-order valence-electron chi connectivity index (χ4n) is 2.62. The average molecular weight is 338 g/mol. The Labute approximate surface area is 138 Å². The number of hydrogen-bond acceptors (Lipinski definition) is 2. The van der Waals surface area contributed by atoms with Crippen molar-refractivity contribution in [2.45, 2.75) is 18.0 Å². The summed E-state index contributed by atoms with van der Waals surface area (Å²) in [5, 5.41) is 5.24. The number of hydrogen-bond donors (Lipinski definition) is 0. The largest absolute Gasteiger partial charge is 0.256 e. The van der Waals surface area contributed by atoms with Gasteiger partial charge in [0.1, 0.15) is 12.0 Å². The highest BCUT2D eigenvalue weighted by molar-refractivity contribution is 6.31. The molecule has 0 amide bonds. The highest BCUT2D eigenvalue weighted by Gasteiger charge is 2.43. The lowest BCUT2D eigenvalue weighted by Gasteiger charge is -2.31. The second kappa shape index (κ2) is 5.86. The Morgan fingerprint density at radius 1 is 1.27 bits per heavy atom. The van der Waals surface area contributed by atoms with Crippen LogP contribution < -0.4 is 0 Å². The first kappa shape index (κ1) is 15.3. The minimum atomic E-state index is -1.68. The molecule has 0 aliphatic heterocycles. The second-order valence-electron chi connectivity index (χ2n) is 5.35. The molecular weight excluding hydrogens is 324 g/mol. The number of halogens is 3. The SMILES string of the molecule is Cn1cnc(C2C(Cl)=CC=CC2(F)Cc2ccc(Cl)cc2)n1. The van der Waals surface area contributed by atoms with Gasteiger partial charge < -0.3 is 0 Å². The number of aryl methyl sites for hydroxylation is 1. The summed E-state index contributed by atoms with van der Waals surface area (Å²) in [5.74, 6) is -0.333. The summed E-state index contributed by atoms with van der Waals surface area (Å²) < 4.78 is 17.2. The third-order valence-corrected chi connectivity index (χ3v) is 4.24. The molecule has 114 valence electrons. The quantitative estimate of drug-likeness (QED) is 0.840. The molecule has 0 saturated heterocycles. The predicted molar refractivity (Wildman–Crippen MR) is 85.8 cm³/mol. The monoisotopic (exact) mass is 337 g/mol. The van der Waals surface area contributed by atoms with E-state index >= 15 is 4.39 Å². The smallest absolute Gasteiger partial charge is 0.162 e. The highest BCUT2D eigenvalue weighted by atomic mass is 35.5. The van der Waals surface area contributed by atoms with Gasteiger partial charge in [-0.05, 0) is 29.8 Å². The Morgan fingerprint density at radius 2 is 2.00 bits per heavy atom. The molecule has 22 heavy (non-hydrogen) atoms. The average Bonchev–Trinajstić information content (AvgIpc) is 2.87. The summed E-state index contributed by atoms with van der Waals surface area (Å²) in [5.41, 5.74) is -0.843. The van der Waals surface area contributed by atoms with Gasteiger partial charge in [0.2, 0.25) is 0 Å². The van der Waals surface area contributed by atoms with Crippen molar-refractivity contribution in [1.82, 2.24) is 14.8 Å². The van der Waals surface area contributed by atoms with Crippen LogP contribution >= 0.6 is 23.2 Å². The van der Waals surface area contributed by atoms with Crippen molar-refractivity contribution in [2.24, 2.45) is 7.05 Å². The molecule has 6 heteroatoms. The standard InChI is InChI=1S/C16H14Cl2FN3/c1-22-10-20-15(21-22)14-13(18)3-2-8-16(14,19)9-11-4-6-12(17)7-5-11/h2-8,10,14H,9H2,1H3. The number of aromatic nitrogens is 3. The lowest BCUT2D eigenvalue weighted by molar-refractivity contribution is 0.196. The number of rotatable bonds is 3. The summed E-state index contributed by atoms with van der Waals surface area (Å²) in [7, 11) is 1.74. The zero-order chi connectivity index (χ0) is 15.7. The first-order valence-corrected chi connectivity index (χ1v) is 7.57. The van der Waals surface area contributed by atoms with Crippen molar-refractivity contribution in [3.63, 3.8) is 0 Å². The third kappa shape index (κ3) is 2.94. The van der Waals surface area contributed by atoms with Crippen LogP contribution in [0.3, 0.4) is 0 Å². The van der Waals surface area contributed by atoms with Gasteiger partial charge >= 0.3 is 0 Å². The zero-order valence-electron chi connectivity index (χ0n) is 11.9. The van der Waals surface area contributed by atoms with E-state index < -0.39 is 11.6 Å². The van der Waals surface area contributed by atoms with Gasteiger partial charge in [-0.2, -0.15) is 5.10 Å². The van der Waals surface area contributed by atoms with Crippen LogP contribution in [-0.2, 0) is 13.5 Å². The number of nitrogens with zero attached hydrogens (tertiary/aromatic N) is 3. The Balaban J connectivity index is 1.96. The Kier molecular flexibility index (Phi) is 4.06. The summed E-state index contributed by atoms with van der Waals surface area (Å²) in [6.07, 6.45) is 6.56.